The highest BCUT2D eigenvalue weighted by Gasteiger charge is 2.21. The van der Waals surface area contributed by atoms with Gasteiger partial charge in [0.05, 0.1) is 0 Å². The summed E-state index contributed by atoms with van der Waals surface area (Å²) in [5.41, 5.74) is 4.34. The van der Waals surface area contributed by atoms with Gasteiger partial charge >= 0.3 is 0 Å². The van der Waals surface area contributed by atoms with Crippen LogP contribution in [0.25, 0.3) is 0 Å². The molecule has 0 saturated heterocycles. The van der Waals surface area contributed by atoms with Crippen LogP contribution in [0.3, 0.4) is 0 Å². The lowest BCUT2D eigenvalue weighted by molar-refractivity contribution is 0.0735. The van der Waals surface area contributed by atoms with Crippen LogP contribution in [0.1, 0.15) is 21.5 Å². The molecule has 0 bridgehead atoms. The molecule has 2 aromatic rings. The Kier molecular flexibility index (Phi) is 3.42. The van der Waals surface area contributed by atoms with Gasteiger partial charge in [-0.1, -0.05) is 30.3 Å². The maximum Gasteiger partial charge on any atom is 0.254 e. The Labute approximate surface area is 119 Å². The van der Waals surface area contributed by atoms with E-state index in [2.05, 4.69) is 23.5 Å². The van der Waals surface area contributed by atoms with Crippen molar-refractivity contribution in [2.45, 2.75) is 13.0 Å². The molecule has 102 valence electrons. The maximum atomic E-state index is 12.6. The number of hydrogen-bond donors (Lipinski definition) is 1. The summed E-state index contributed by atoms with van der Waals surface area (Å²) < 4.78 is 0. The number of rotatable bonds is 2. The molecule has 1 heterocycles. The van der Waals surface area contributed by atoms with Crippen LogP contribution in [-0.2, 0) is 13.0 Å². The van der Waals surface area contributed by atoms with Gasteiger partial charge in [-0.25, -0.2) is 0 Å². The van der Waals surface area contributed by atoms with E-state index >= 15 is 0 Å². The molecule has 0 atom stereocenters. The second-order valence-electron chi connectivity index (χ2n) is 5.08. The van der Waals surface area contributed by atoms with Crippen LogP contribution in [0, 0.1) is 0 Å². The Balaban J connectivity index is 1.82. The summed E-state index contributed by atoms with van der Waals surface area (Å²) >= 11 is 0. The van der Waals surface area contributed by atoms with Gasteiger partial charge in [0.2, 0.25) is 0 Å². The molecule has 0 saturated carbocycles. The molecule has 3 heteroatoms. The van der Waals surface area contributed by atoms with E-state index in [-0.39, 0.29) is 5.91 Å². The van der Waals surface area contributed by atoms with Crippen LogP contribution in [0.2, 0.25) is 0 Å². The van der Waals surface area contributed by atoms with Crippen molar-refractivity contribution in [1.29, 1.82) is 0 Å². The molecule has 0 aliphatic carbocycles. The largest absolute Gasteiger partial charge is 0.388 e. The minimum absolute atomic E-state index is 0.108. The lowest BCUT2D eigenvalue weighted by Crippen LogP contribution is -2.35. The molecule has 3 rings (SSSR count). The smallest absolute Gasteiger partial charge is 0.254 e. The predicted molar refractivity (Wildman–Crippen MR) is 80.9 cm³/mol. The van der Waals surface area contributed by atoms with Gasteiger partial charge in [-0.05, 0) is 35.7 Å². The number of fused-ring (bicyclic) bond motifs is 1. The van der Waals surface area contributed by atoms with Gasteiger partial charge in [0.15, 0.2) is 0 Å². The van der Waals surface area contributed by atoms with Crippen LogP contribution in [0.5, 0.6) is 0 Å². The van der Waals surface area contributed by atoms with E-state index in [4.69, 9.17) is 0 Å². The number of benzene rings is 2. The normalized spacial score (nSPS) is 13.8. The van der Waals surface area contributed by atoms with Gasteiger partial charge in [0.1, 0.15) is 0 Å². The van der Waals surface area contributed by atoms with E-state index in [9.17, 15) is 4.79 Å². The molecule has 0 spiro atoms. The van der Waals surface area contributed by atoms with Crippen LogP contribution in [-0.4, -0.2) is 24.4 Å². The minimum Gasteiger partial charge on any atom is -0.388 e. The Morgan fingerprint density at radius 1 is 1.10 bits per heavy atom. The molecule has 3 nitrogen and oxygen atoms in total. The highest BCUT2D eigenvalue weighted by Crippen LogP contribution is 2.21. The van der Waals surface area contributed by atoms with Gasteiger partial charge in [-0.3, -0.25) is 4.79 Å². The van der Waals surface area contributed by atoms with Gasteiger partial charge in [-0.15, -0.1) is 0 Å². The van der Waals surface area contributed by atoms with Crippen molar-refractivity contribution in [3.8, 4) is 0 Å². The minimum atomic E-state index is 0.108. The van der Waals surface area contributed by atoms with Gasteiger partial charge in [0.25, 0.3) is 5.91 Å². The SMILES string of the molecule is CNc1cccc(C(=O)N2CCc3ccccc3C2)c1. The van der Waals surface area contributed by atoms with E-state index in [1.165, 1.54) is 11.1 Å². The van der Waals surface area contributed by atoms with Gasteiger partial charge in [-0.2, -0.15) is 0 Å². The first-order chi connectivity index (χ1) is 9.78. The topological polar surface area (TPSA) is 32.3 Å². The zero-order valence-electron chi connectivity index (χ0n) is 11.6. The number of carbonyl (C=O) groups excluding carboxylic acids is 1. The molecule has 1 amide bonds. The highest BCUT2D eigenvalue weighted by atomic mass is 16.2. The lowest BCUT2D eigenvalue weighted by Gasteiger charge is -2.29. The van der Waals surface area contributed by atoms with Crippen molar-refractivity contribution >= 4 is 11.6 Å². The molecular formula is C17H18N2O. The number of nitrogens with one attached hydrogen (secondary N) is 1. The molecule has 1 aliphatic rings. The fourth-order valence-electron chi connectivity index (χ4n) is 2.66. The quantitative estimate of drug-likeness (QED) is 0.906. The molecule has 0 aromatic heterocycles. The summed E-state index contributed by atoms with van der Waals surface area (Å²) in [7, 11) is 1.86. The van der Waals surface area contributed by atoms with Crippen molar-refractivity contribution in [1.82, 2.24) is 4.90 Å². The van der Waals surface area contributed by atoms with Crippen molar-refractivity contribution in [2.75, 3.05) is 18.9 Å². The Bertz CT molecular complexity index is 636. The molecule has 2 aromatic carbocycles. The summed E-state index contributed by atoms with van der Waals surface area (Å²) in [5.74, 6) is 0.108. The highest BCUT2D eigenvalue weighted by molar-refractivity contribution is 5.95. The third kappa shape index (κ3) is 2.39. The van der Waals surface area contributed by atoms with E-state index in [1.54, 1.807) is 0 Å². The number of anilines is 1. The van der Waals surface area contributed by atoms with Crippen LogP contribution in [0.15, 0.2) is 48.5 Å². The average Bonchev–Trinajstić information content (AvgIpc) is 2.53. The molecule has 20 heavy (non-hydrogen) atoms. The Morgan fingerprint density at radius 2 is 1.90 bits per heavy atom. The summed E-state index contributed by atoms with van der Waals surface area (Å²) in [5, 5.41) is 3.07. The van der Waals surface area contributed by atoms with Gasteiger partial charge < -0.3 is 10.2 Å². The number of amides is 1. The van der Waals surface area contributed by atoms with Crippen LogP contribution in [0.4, 0.5) is 5.69 Å². The monoisotopic (exact) mass is 266 g/mol. The standard InChI is InChI=1S/C17H18N2O/c1-18-16-8-4-7-14(11-16)17(20)19-10-9-13-5-2-3-6-15(13)12-19/h2-8,11,18H,9-10,12H2,1H3. The number of hydrogen-bond acceptors (Lipinski definition) is 2. The maximum absolute atomic E-state index is 12.6. The summed E-state index contributed by atoms with van der Waals surface area (Å²) in [6, 6.07) is 16.0. The Hall–Kier alpha value is -2.29. The summed E-state index contributed by atoms with van der Waals surface area (Å²) in [6.07, 6.45) is 0.938. The first-order valence-electron chi connectivity index (χ1n) is 6.92. The second-order valence-corrected chi connectivity index (χ2v) is 5.08. The fourth-order valence-corrected chi connectivity index (χ4v) is 2.66. The van der Waals surface area contributed by atoms with E-state index in [1.807, 2.05) is 42.3 Å². The fraction of sp³-hybridized carbons (Fsp3) is 0.235. The lowest BCUT2D eigenvalue weighted by atomic mass is 9.99. The van der Waals surface area contributed by atoms with E-state index in [0.29, 0.717) is 6.54 Å². The number of nitrogens with zero attached hydrogens (tertiary/aromatic N) is 1. The van der Waals surface area contributed by atoms with Crippen LogP contribution < -0.4 is 5.32 Å². The number of carbonyl (C=O) groups is 1. The average molecular weight is 266 g/mol. The molecule has 0 radical (unpaired) electrons. The van der Waals surface area contributed by atoms with Crippen LogP contribution >= 0.6 is 0 Å². The van der Waals surface area contributed by atoms with Crippen molar-refractivity contribution in [3.05, 3.63) is 65.2 Å². The van der Waals surface area contributed by atoms with Gasteiger partial charge in [0, 0.05) is 31.4 Å². The molecular weight excluding hydrogens is 248 g/mol. The third-order valence-electron chi connectivity index (χ3n) is 3.82. The molecule has 0 unspecified atom stereocenters. The summed E-state index contributed by atoms with van der Waals surface area (Å²) in [4.78, 5) is 14.5. The molecule has 0 fully saturated rings. The van der Waals surface area contributed by atoms with Crippen molar-refractivity contribution in [2.24, 2.45) is 0 Å². The van der Waals surface area contributed by atoms with E-state index in [0.717, 1.165) is 24.2 Å². The second kappa shape index (κ2) is 5.37. The third-order valence-corrected chi connectivity index (χ3v) is 3.82. The first-order valence-corrected chi connectivity index (χ1v) is 6.92. The van der Waals surface area contributed by atoms with E-state index < -0.39 is 0 Å². The zero-order chi connectivity index (χ0) is 13.9. The Morgan fingerprint density at radius 3 is 2.70 bits per heavy atom. The predicted octanol–water partition coefficient (Wildman–Crippen LogP) is 2.93. The van der Waals surface area contributed by atoms with Crippen molar-refractivity contribution < 1.29 is 4.79 Å². The molecule has 1 aliphatic heterocycles. The zero-order valence-corrected chi connectivity index (χ0v) is 11.6. The van der Waals surface area contributed by atoms with Crippen molar-refractivity contribution in [3.63, 3.8) is 0 Å². The summed E-state index contributed by atoms with van der Waals surface area (Å²) in [6.45, 7) is 1.50. The molecule has 1 N–H and O–H groups in total. The first kappa shape index (κ1) is 12.7.